The van der Waals surface area contributed by atoms with E-state index in [0.717, 1.165) is 25.1 Å². The quantitative estimate of drug-likeness (QED) is 0.666. The Labute approximate surface area is 78.7 Å². The zero-order chi connectivity index (χ0) is 9.31. The average Bonchev–Trinajstić information content (AvgIpc) is 2.63. The molecule has 13 heavy (non-hydrogen) atoms. The van der Waals surface area contributed by atoms with E-state index in [1.54, 1.807) is 0 Å². The summed E-state index contributed by atoms with van der Waals surface area (Å²) in [6.07, 6.45) is 6.48. The molecule has 1 aliphatic carbocycles. The van der Waals surface area contributed by atoms with Gasteiger partial charge in [-0.1, -0.05) is 0 Å². The number of rotatable bonds is 1. The molecule has 0 atom stereocenters. The maximum atomic E-state index is 5.68. The van der Waals surface area contributed by atoms with Crippen LogP contribution in [0.25, 0.3) is 0 Å². The lowest BCUT2D eigenvalue weighted by Gasteiger charge is -2.24. The van der Waals surface area contributed by atoms with Crippen LogP contribution in [0.1, 0.15) is 32.6 Å². The van der Waals surface area contributed by atoms with E-state index in [2.05, 4.69) is 4.99 Å². The van der Waals surface area contributed by atoms with Crippen LogP contribution in [0.2, 0.25) is 0 Å². The molecular formula is C10H16N2O. The zero-order valence-corrected chi connectivity index (χ0v) is 8.05. The zero-order valence-electron chi connectivity index (χ0n) is 8.05. The maximum Gasteiger partial charge on any atom is 0.187 e. The minimum atomic E-state index is -0.139. The van der Waals surface area contributed by atoms with Crippen molar-refractivity contribution in [2.75, 3.05) is 6.54 Å². The third kappa shape index (κ3) is 1.32. The summed E-state index contributed by atoms with van der Waals surface area (Å²) in [5.74, 6) is 0.536. The summed E-state index contributed by atoms with van der Waals surface area (Å²) in [5, 5.41) is 0. The molecule has 0 amide bonds. The van der Waals surface area contributed by atoms with E-state index in [1.165, 1.54) is 12.8 Å². The van der Waals surface area contributed by atoms with E-state index in [1.807, 2.05) is 13.0 Å². The number of ether oxygens (including phenoxy) is 1. The smallest absolute Gasteiger partial charge is 0.187 e. The lowest BCUT2D eigenvalue weighted by Crippen LogP contribution is -2.33. The van der Waals surface area contributed by atoms with E-state index < -0.39 is 0 Å². The Balaban J connectivity index is 2.26. The van der Waals surface area contributed by atoms with Gasteiger partial charge >= 0.3 is 0 Å². The van der Waals surface area contributed by atoms with Gasteiger partial charge in [0.2, 0.25) is 0 Å². The van der Waals surface area contributed by atoms with Crippen LogP contribution in [-0.4, -0.2) is 17.9 Å². The van der Waals surface area contributed by atoms with Gasteiger partial charge in [-0.15, -0.1) is 0 Å². The molecule has 0 aromatic heterocycles. The second kappa shape index (κ2) is 3.05. The van der Waals surface area contributed by atoms with Crippen LogP contribution in [0, 0.1) is 0 Å². The Bertz CT molecular complexity index is 262. The number of hydrogen-bond acceptors (Lipinski definition) is 3. The lowest BCUT2D eigenvalue weighted by atomic mass is 9.97. The van der Waals surface area contributed by atoms with Gasteiger partial charge in [-0.3, -0.25) is 4.99 Å². The molecule has 0 bridgehead atoms. The van der Waals surface area contributed by atoms with Crippen molar-refractivity contribution in [3.63, 3.8) is 0 Å². The highest BCUT2D eigenvalue weighted by Crippen LogP contribution is 2.39. The first-order valence-electron chi connectivity index (χ1n) is 4.98. The average molecular weight is 180 g/mol. The first kappa shape index (κ1) is 8.60. The van der Waals surface area contributed by atoms with Crippen molar-refractivity contribution in [3.05, 3.63) is 12.0 Å². The third-order valence-electron chi connectivity index (χ3n) is 2.80. The van der Waals surface area contributed by atoms with Gasteiger partial charge in [-0.25, -0.2) is 0 Å². The summed E-state index contributed by atoms with van der Waals surface area (Å²) in [6.45, 7) is 2.85. The summed E-state index contributed by atoms with van der Waals surface area (Å²) in [7, 11) is 0. The molecule has 3 heteroatoms. The largest absolute Gasteiger partial charge is 0.466 e. The van der Waals surface area contributed by atoms with E-state index in [-0.39, 0.29) is 5.60 Å². The Hall–Kier alpha value is -0.990. The number of nitrogens with two attached hydrogens (primary N) is 1. The van der Waals surface area contributed by atoms with E-state index in [9.17, 15) is 0 Å². The Morgan fingerprint density at radius 2 is 2.23 bits per heavy atom. The van der Waals surface area contributed by atoms with E-state index in [0.29, 0.717) is 5.88 Å². The lowest BCUT2D eigenvalue weighted by molar-refractivity contribution is 0.0802. The molecule has 0 aromatic rings. The second-order valence-electron chi connectivity index (χ2n) is 3.71. The van der Waals surface area contributed by atoms with Crippen LogP contribution in [0.15, 0.2) is 17.0 Å². The summed E-state index contributed by atoms with van der Waals surface area (Å²) in [6, 6.07) is 0. The first-order chi connectivity index (χ1) is 6.27. The number of hydrogen-bond donors (Lipinski definition) is 1. The molecule has 0 radical (unpaired) electrons. The van der Waals surface area contributed by atoms with Crippen LogP contribution in [0.3, 0.4) is 0 Å². The van der Waals surface area contributed by atoms with Crippen LogP contribution in [-0.2, 0) is 4.74 Å². The molecule has 2 aliphatic rings. The molecule has 72 valence electrons. The molecule has 2 rings (SSSR count). The summed E-state index contributed by atoms with van der Waals surface area (Å²) in [4.78, 5) is 4.44. The maximum absolute atomic E-state index is 5.68. The number of aliphatic imine (C=N–C) groups is 1. The highest BCUT2D eigenvalue weighted by atomic mass is 16.5. The van der Waals surface area contributed by atoms with Crippen molar-refractivity contribution in [2.45, 2.75) is 38.2 Å². The molecule has 0 aromatic carbocycles. The minimum Gasteiger partial charge on any atom is -0.466 e. The molecular weight excluding hydrogens is 164 g/mol. The second-order valence-corrected chi connectivity index (χ2v) is 3.71. The van der Waals surface area contributed by atoms with Crippen molar-refractivity contribution in [2.24, 2.45) is 10.7 Å². The molecule has 0 unspecified atom stereocenters. The fourth-order valence-corrected chi connectivity index (χ4v) is 2.24. The first-order valence-corrected chi connectivity index (χ1v) is 4.98. The van der Waals surface area contributed by atoms with E-state index >= 15 is 0 Å². The standard InChI is InChI=1S/C10H16N2O/c1-2-12-8-7-9(11)13-10(8)5-3-4-6-10/h7H,2-6,11H2,1H3. The van der Waals surface area contributed by atoms with Gasteiger partial charge < -0.3 is 10.5 Å². The Kier molecular flexibility index (Phi) is 2.02. The SMILES string of the molecule is CCN=C1C=C(N)OC12CCCC2. The van der Waals surface area contributed by atoms with Crippen molar-refractivity contribution < 1.29 is 4.74 Å². The third-order valence-corrected chi connectivity index (χ3v) is 2.80. The summed E-state index contributed by atoms with van der Waals surface area (Å²) >= 11 is 0. The van der Waals surface area contributed by atoms with Crippen molar-refractivity contribution in [1.29, 1.82) is 0 Å². The van der Waals surface area contributed by atoms with Gasteiger partial charge in [0.1, 0.15) is 0 Å². The summed E-state index contributed by atoms with van der Waals surface area (Å²) in [5.41, 5.74) is 6.59. The summed E-state index contributed by atoms with van der Waals surface area (Å²) < 4.78 is 5.68. The highest BCUT2D eigenvalue weighted by molar-refractivity contribution is 6.04. The molecule has 1 fully saturated rings. The topological polar surface area (TPSA) is 47.6 Å². The molecule has 2 N–H and O–H groups in total. The van der Waals surface area contributed by atoms with Crippen molar-refractivity contribution in [1.82, 2.24) is 0 Å². The molecule has 1 aliphatic heterocycles. The highest BCUT2D eigenvalue weighted by Gasteiger charge is 2.44. The molecule has 1 spiro atoms. The van der Waals surface area contributed by atoms with Gasteiger partial charge in [-0.05, 0) is 32.6 Å². The van der Waals surface area contributed by atoms with Gasteiger partial charge in [-0.2, -0.15) is 0 Å². The van der Waals surface area contributed by atoms with Crippen LogP contribution < -0.4 is 5.73 Å². The van der Waals surface area contributed by atoms with Gasteiger partial charge in [0.25, 0.3) is 0 Å². The molecule has 1 saturated carbocycles. The van der Waals surface area contributed by atoms with Crippen LogP contribution >= 0.6 is 0 Å². The van der Waals surface area contributed by atoms with Gasteiger partial charge in [0.05, 0.1) is 5.71 Å². The van der Waals surface area contributed by atoms with E-state index in [4.69, 9.17) is 10.5 Å². The molecule has 3 nitrogen and oxygen atoms in total. The minimum absolute atomic E-state index is 0.139. The van der Waals surface area contributed by atoms with Crippen molar-refractivity contribution >= 4 is 5.71 Å². The van der Waals surface area contributed by atoms with Gasteiger partial charge in [0.15, 0.2) is 11.5 Å². The fraction of sp³-hybridized carbons (Fsp3) is 0.700. The predicted octanol–water partition coefficient (Wildman–Crippen LogP) is 1.59. The monoisotopic (exact) mass is 180 g/mol. The van der Waals surface area contributed by atoms with Crippen LogP contribution in [0.5, 0.6) is 0 Å². The predicted molar refractivity (Wildman–Crippen MR) is 52.5 cm³/mol. The normalized spacial score (nSPS) is 28.1. The Morgan fingerprint density at radius 1 is 1.54 bits per heavy atom. The fourth-order valence-electron chi connectivity index (χ4n) is 2.24. The molecule has 1 heterocycles. The van der Waals surface area contributed by atoms with Crippen molar-refractivity contribution in [3.8, 4) is 0 Å². The molecule has 0 saturated heterocycles. The van der Waals surface area contributed by atoms with Crippen LogP contribution in [0.4, 0.5) is 0 Å². The van der Waals surface area contributed by atoms with Gasteiger partial charge in [0, 0.05) is 12.6 Å². The number of nitrogens with zero attached hydrogens (tertiary/aromatic N) is 1. The Morgan fingerprint density at radius 3 is 2.85 bits per heavy atom.